The Morgan fingerprint density at radius 1 is 1.33 bits per heavy atom. The number of benzene rings is 1. The quantitative estimate of drug-likeness (QED) is 0.859. The predicted octanol–water partition coefficient (Wildman–Crippen LogP) is 3.06. The van der Waals surface area contributed by atoms with Gasteiger partial charge in [0.1, 0.15) is 0 Å². The minimum absolute atomic E-state index is 0.211. The van der Waals surface area contributed by atoms with Crippen LogP contribution in [0.5, 0.6) is 0 Å². The lowest BCUT2D eigenvalue weighted by atomic mass is 9.65. The summed E-state index contributed by atoms with van der Waals surface area (Å²) in [5.74, 6) is 0.462. The van der Waals surface area contributed by atoms with Crippen LogP contribution < -0.4 is 5.73 Å². The molecule has 0 spiro atoms. The first-order valence-corrected chi connectivity index (χ1v) is 7.19. The lowest BCUT2D eigenvalue weighted by Gasteiger charge is -2.45. The van der Waals surface area contributed by atoms with Crippen molar-refractivity contribution in [2.45, 2.75) is 50.5 Å². The largest absolute Gasteiger partial charge is 0.389 e. The van der Waals surface area contributed by atoms with E-state index in [-0.39, 0.29) is 11.8 Å². The van der Waals surface area contributed by atoms with Crippen LogP contribution in [0.15, 0.2) is 30.3 Å². The fourth-order valence-electron chi connectivity index (χ4n) is 3.53. The van der Waals surface area contributed by atoms with Crippen LogP contribution in [0.4, 0.5) is 0 Å². The molecular weight excluding hydrogens is 222 g/mol. The van der Waals surface area contributed by atoms with Crippen LogP contribution in [-0.2, 0) is 0 Å². The second-order valence-electron chi connectivity index (χ2n) is 5.54. The highest BCUT2D eigenvalue weighted by molar-refractivity contribution is 5.24. The van der Waals surface area contributed by atoms with Crippen molar-refractivity contribution in [1.82, 2.24) is 0 Å². The van der Waals surface area contributed by atoms with Gasteiger partial charge in [-0.2, -0.15) is 0 Å². The van der Waals surface area contributed by atoms with Gasteiger partial charge >= 0.3 is 0 Å². The molecule has 2 nitrogen and oxygen atoms in total. The Labute approximate surface area is 110 Å². The first-order valence-electron chi connectivity index (χ1n) is 7.19. The van der Waals surface area contributed by atoms with Crippen LogP contribution in [0.3, 0.4) is 0 Å². The maximum Gasteiger partial charge on any atom is 0.0755 e. The highest BCUT2D eigenvalue weighted by Crippen LogP contribution is 2.45. The molecule has 0 bridgehead atoms. The Hall–Kier alpha value is -0.860. The molecule has 0 radical (unpaired) electrons. The molecule has 0 amide bonds. The molecule has 0 aromatic heterocycles. The van der Waals surface area contributed by atoms with E-state index in [0.29, 0.717) is 6.54 Å². The zero-order valence-corrected chi connectivity index (χ0v) is 11.3. The van der Waals surface area contributed by atoms with Gasteiger partial charge in [-0.25, -0.2) is 0 Å². The van der Waals surface area contributed by atoms with Gasteiger partial charge in [-0.05, 0) is 31.4 Å². The number of hydrogen-bond acceptors (Lipinski definition) is 2. The van der Waals surface area contributed by atoms with Gasteiger partial charge in [-0.1, -0.05) is 50.1 Å². The molecule has 1 aromatic carbocycles. The molecule has 0 aliphatic heterocycles. The average molecular weight is 247 g/mol. The van der Waals surface area contributed by atoms with Crippen molar-refractivity contribution in [3.63, 3.8) is 0 Å². The lowest BCUT2D eigenvalue weighted by Crippen LogP contribution is -2.48. The highest BCUT2D eigenvalue weighted by Gasteiger charge is 2.44. The van der Waals surface area contributed by atoms with Crippen molar-refractivity contribution in [2.75, 3.05) is 6.54 Å². The van der Waals surface area contributed by atoms with Crippen LogP contribution in [0, 0.1) is 5.92 Å². The van der Waals surface area contributed by atoms with E-state index in [4.69, 9.17) is 5.73 Å². The maximum atomic E-state index is 11.2. The Morgan fingerprint density at radius 3 is 2.67 bits per heavy atom. The molecule has 18 heavy (non-hydrogen) atoms. The van der Waals surface area contributed by atoms with Crippen LogP contribution in [0.2, 0.25) is 0 Å². The van der Waals surface area contributed by atoms with Crippen LogP contribution in [-0.4, -0.2) is 17.3 Å². The third kappa shape index (κ3) is 2.45. The van der Waals surface area contributed by atoms with Crippen molar-refractivity contribution >= 4 is 0 Å². The first-order chi connectivity index (χ1) is 8.72. The van der Waals surface area contributed by atoms with Crippen molar-refractivity contribution in [3.05, 3.63) is 35.9 Å². The van der Waals surface area contributed by atoms with Crippen molar-refractivity contribution in [1.29, 1.82) is 0 Å². The average Bonchev–Trinajstić information content (AvgIpc) is 2.41. The summed E-state index contributed by atoms with van der Waals surface area (Å²) in [7, 11) is 0. The molecule has 2 rings (SSSR count). The van der Waals surface area contributed by atoms with E-state index in [0.717, 1.165) is 25.7 Å². The second-order valence-corrected chi connectivity index (χ2v) is 5.54. The summed E-state index contributed by atoms with van der Waals surface area (Å²) in [6, 6.07) is 10.4. The standard InChI is InChI=1S/C16H25NO/c1-2-14(12-17)16(18)11-7-6-10-15(16)13-8-4-3-5-9-13/h3-5,8-9,14-15,18H,2,6-7,10-12,17H2,1H3. The lowest BCUT2D eigenvalue weighted by molar-refractivity contribution is -0.0659. The Kier molecular flexibility index (Phi) is 4.41. The van der Waals surface area contributed by atoms with Gasteiger partial charge in [0.15, 0.2) is 0 Å². The zero-order chi connectivity index (χ0) is 13.0. The summed E-state index contributed by atoms with van der Waals surface area (Å²) >= 11 is 0. The zero-order valence-electron chi connectivity index (χ0n) is 11.3. The highest BCUT2D eigenvalue weighted by atomic mass is 16.3. The van der Waals surface area contributed by atoms with E-state index < -0.39 is 5.60 Å². The number of aliphatic hydroxyl groups is 1. The summed E-state index contributed by atoms with van der Waals surface area (Å²) in [5, 5.41) is 11.2. The van der Waals surface area contributed by atoms with E-state index in [1.165, 1.54) is 12.0 Å². The van der Waals surface area contributed by atoms with E-state index in [1.807, 2.05) is 6.07 Å². The van der Waals surface area contributed by atoms with E-state index >= 15 is 0 Å². The molecule has 1 aromatic rings. The molecule has 2 heteroatoms. The number of rotatable bonds is 4. The summed E-state index contributed by atoms with van der Waals surface area (Å²) < 4.78 is 0. The third-order valence-corrected chi connectivity index (χ3v) is 4.61. The van der Waals surface area contributed by atoms with Gasteiger partial charge < -0.3 is 10.8 Å². The second kappa shape index (κ2) is 5.85. The summed E-state index contributed by atoms with van der Waals surface area (Å²) in [6.45, 7) is 2.71. The molecule has 0 heterocycles. The molecule has 100 valence electrons. The smallest absolute Gasteiger partial charge is 0.0755 e. The number of nitrogens with two attached hydrogens (primary N) is 1. The van der Waals surface area contributed by atoms with Gasteiger partial charge in [0, 0.05) is 11.8 Å². The molecule has 3 N–H and O–H groups in total. The van der Waals surface area contributed by atoms with E-state index in [1.54, 1.807) is 0 Å². The topological polar surface area (TPSA) is 46.2 Å². The normalized spacial score (nSPS) is 30.1. The predicted molar refractivity (Wildman–Crippen MR) is 75.4 cm³/mol. The van der Waals surface area contributed by atoms with Crippen LogP contribution >= 0.6 is 0 Å². The minimum atomic E-state index is -0.608. The van der Waals surface area contributed by atoms with Crippen molar-refractivity contribution in [3.8, 4) is 0 Å². The van der Waals surface area contributed by atoms with Crippen molar-refractivity contribution < 1.29 is 5.11 Å². The molecule has 1 fully saturated rings. The Morgan fingerprint density at radius 2 is 2.06 bits per heavy atom. The van der Waals surface area contributed by atoms with Gasteiger partial charge in [0.25, 0.3) is 0 Å². The summed E-state index contributed by atoms with van der Waals surface area (Å²) in [5.41, 5.74) is 6.54. The van der Waals surface area contributed by atoms with Gasteiger partial charge in [-0.15, -0.1) is 0 Å². The van der Waals surface area contributed by atoms with Crippen LogP contribution in [0.25, 0.3) is 0 Å². The number of hydrogen-bond donors (Lipinski definition) is 2. The van der Waals surface area contributed by atoms with E-state index in [9.17, 15) is 5.11 Å². The van der Waals surface area contributed by atoms with Gasteiger partial charge in [-0.3, -0.25) is 0 Å². The minimum Gasteiger partial charge on any atom is -0.389 e. The summed E-state index contributed by atoms with van der Waals surface area (Å²) in [6.07, 6.45) is 5.26. The monoisotopic (exact) mass is 247 g/mol. The molecule has 1 aliphatic rings. The Bertz CT molecular complexity index is 361. The van der Waals surface area contributed by atoms with E-state index in [2.05, 4.69) is 31.2 Å². The first kappa shape index (κ1) is 13.6. The van der Waals surface area contributed by atoms with Gasteiger partial charge in [0.2, 0.25) is 0 Å². The third-order valence-electron chi connectivity index (χ3n) is 4.61. The fraction of sp³-hybridized carbons (Fsp3) is 0.625. The summed E-state index contributed by atoms with van der Waals surface area (Å²) in [4.78, 5) is 0. The molecule has 3 unspecified atom stereocenters. The molecule has 1 aliphatic carbocycles. The molecule has 1 saturated carbocycles. The fourth-order valence-corrected chi connectivity index (χ4v) is 3.53. The van der Waals surface area contributed by atoms with Crippen molar-refractivity contribution in [2.24, 2.45) is 11.7 Å². The Balaban J connectivity index is 2.31. The molecule has 0 saturated heterocycles. The van der Waals surface area contributed by atoms with Gasteiger partial charge in [0.05, 0.1) is 5.60 Å². The van der Waals surface area contributed by atoms with Crippen LogP contribution in [0.1, 0.15) is 50.5 Å². The molecule has 3 atom stereocenters. The SMILES string of the molecule is CCC(CN)C1(O)CCCCC1c1ccccc1. The molecular formula is C16H25NO. The maximum absolute atomic E-state index is 11.2.